The number of rotatable bonds is 3. The van der Waals surface area contributed by atoms with Gasteiger partial charge in [0.25, 0.3) is 5.91 Å². The van der Waals surface area contributed by atoms with Crippen LogP contribution in [0.2, 0.25) is 0 Å². The number of thiophene rings is 1. The van der Waals surface area contributed by atoms with E-state index >= 15 is 0 Å². The van der Waals surface area contributed by atoms with Crippen LogP contribution in [0, 0.1) is 5.82 Å². The van der Waals surface area contributed by atoms with Gasteiger partial charge in [-0.25, -0.2) is 4.39 Å². The quantitative estimate of drug-likeness (QED) is 0.829. The first kappa shape index (κ1) is 17.2. The summed E-state index contributed by atoms with van der Waals surface area (Å²) in [7, 11) is 0. The highest BCUT2D eigenvalue weighted by Gasteiger charge is 2.46. The molecule has 0 saturated carbocycles. The van der Waals surface area contributed by atoms with Crippen molar-refractivity contribution in [1.82, 2.24) is 4.90 Å². The maximum Gasteiger partial charge on any atom is 0.253 e. The molecule has 136 valence electrons. The number of carbonyl (C=O) groups is 2. The lowest BCUT2D eigenvalue weighted by molar-refractivity contribution is -0.139. The minimum absolute atomic E-state index is 0.0235. The summed E-state index contributed by atoms with van der Waals surface area (Å²) in [5, 5.41) is 1.96. The smallest absolute Gasteiger partial charge is 0.253 e. The molecule has 0 radical (unpaired) electrons. The van der Waals surface area contributed by atoms with Crippen LogP contribution < -0.4 is 4.90 Å². The van der Waals surface area contributed by atoms with E-state index < -0.39 is 5.60 Å². The van der Waals surface area contributed by atoms with Gasteiger partial charge in [-0.05, 0) is 42.1 Å². The van der Waals surface area contributed by atoms with Crippen molar-refractivity contribution in [2.45, 2.75) is 18.4 Å². The van der Waals surface area contributed by atoms with Crippen molar-refractivity contribution >= 4 is 28.8 Å². The van der Waals surface area contributed by atoms with E-state index in [0.717, 1.165) is 4.88 Å². The number of benzene rings is 1. The molecule has 1 aromatic heterocycles. The fourth-order valence-electron chi connectivity index (χ4n) is 3.55. The van der Waals surface area contributed by atoms with E-state index in [-0.39, 0.29) is 24.2 Å². The third-order valence-corrected chi connectivity index (χ3v) is 5.84. The van der Waals surface area contributed by atoms with Gasteiger partial charge in [-0.2, -0.15) is 0 Å². The van der Waals surface area contributed by atoms with E-state index in [2.05, 4.69) is 0 Å². The Bertz CT molecular complexity index is 809. The highest BCUT2D eigenvalue weighted by molar-refractivity contribution is 7.10. The molecule has 3 heterocycles. The summed E-state index contributed by atoms with van der Waals surface area (Å²) in [6.07, 6.45) is 1.09. The maximum atomic E-state index is 13.2. The van der Waals surface area contributed by atoms with Gasteiger partial charge in [0.2, 0.25) is 5.91 Å². The molecule has 7 heteroatoms. The van der Waals surface area contributed by atoms with Crippen LogP contribution in [0.5, 0.6) is 0 Å². The number of amides is 2. The molecular formula is C19H19FN2O3S. The highest BCUT2D eigenvalue weighted by Crippen LogP contribution is 2.32. The van der Waals surface area contributed by atoms with Gasteiger partial charge in [-0.1, -0.05) is 6.07 Å². The number of nitrogens with zero attached hydrogens (tertiary/aromatic N) is 2. The molecule has 2 aliphatic rings. The van der Waals surface area contributed by atoms with Crippen molar-refractivity contribution in [3.05, 3.63) is 52.5 Å². The van der Waals surface area contributed by atoms with Crippen molar-refractivity contribution in [1.29, 1.82) is 0 Å². The number of halogens is 1. The second kappa shape index (κ2) is 6.81. The molecule has 2 amide bonds. The number of hydrogen-bond acceptors (Lipinski definition) is 4. The number of carbonyl (C=O) groups excluding carboxylic acids is 2. The molecule has 26 heavy (non-hydrogen) atoms. The third-order valence-electron chi connectivity index (χ3n) is 4.96. The average Bonchev–Trinajstić information content (AvgIpc) is 3.29. The molecule has 5 nitrogen and oxygen atoms in total. The van der Waals surface area contributed by atoms with E-state index in [1.807, 2.05) is 22.4 Å². The lowest BCUT2D eigenvalue weighted by atomic mass is 10.00. The zero-order valence-corrected chi connectivity index (χ0v) is 15.0. The Balaban J connectivity index is 1.46. The minimum atomic E-state index is -0.548. The molecule has 2 aliphatic heterocycles. The Morgan fingerprint density at radius 1 is 1.23 bits per heavy atom. The minimum Gasteiger partial charge on any atom is -0.361 e. The van der Waals surface area contributed by atoms with Crippen LogP contribution in [0.1, 0.15) is 11.3 Å². The fourth-order valence-corrected chi connectivity index (χ4v) is 4.25. The summed E-state index contributed by atoms with van der Waals surface area (Å²) in [6.45, 7) is 1.45. The molecule has 1 atom stereocenters. The number of likely N-dealkylation sites (tertiary alicyclic amines) is 1. The molecule has 2 saturated heterocycles. The Labute approximate surface area is 155 Å². The van der Waals surface area contributed by atoms with Gasteiger partial charge in [-0.3, -0.25) is 9.59 Å². The molecule has 2 fully saturated rings. The van der Waals surface area contributed by atoms with Gasteiger partial charge in [0.1, 0.15) is 18.0 Å². The summed E-state index contributed by atoms with van der Waals surface area (Å²) in [4.78, 5) is 29.3. The summed E-state index contributed by atoms with van der Waals surface area (Å²) in [5.41, 5.74) is 0.107. The molecule has 2 aromatic rings. The second-order valence-electron chi connectivity index (χ2n) is 6.75. The van der Waals surface area contributed by atoms with Crippen LogP contribution in [0.4, 0.5) is 10.1 Å². The highest BCUT2D eigenvalue weighted by atomic mass is 32.1. The number of morpholine rings is 1. The van der Waals surface area contributed by atoms with Gasteiger partial charge in [0, 0.05) is 17.1 Å². The van der Waals surface area contributed by atoms with Crippen LogP contribution in [0.15, 0.2) is 41.8 Å². The molecule has 1 aromatic carbocycles. The molecular weight excluding hydrogens is 355 g/mol. The van der Waals surface area contributed by atoms with E-state index in [9.17, 15) is 14.0 Å². The van der Waals surface area contributed by atoms with Crippen molar-refractivity contribution in [2.75, 3.05) is 31.1 Å². The molecule has 0 aliphatic carbocycles. The van der Waals surface area contributed by atoms with E-state index in [1.54, 1.807) is 28.4 Å². The second-order valence-corrected chi connectivity index (χ2v) is 7.78. The number of ether oxygens (including phenoxy) is 1. The van der Waals surface area contributed by atoms with Crippen LogP contribution in [-0.4, -0.2) is 48.6 Å². The normalized spacial score (nSPS) is 23.0. The van der Waals surface area contributed by atoms with E-state index in [4.69, 9.17) is 4.74 Å². The SMILES string of the molecule is O=C(Cc1cccs1)N1CCC2(C1)CN(c1ccc(F)cc1)C(=O)CO2. The zero-order valence-electron chi connectivity index (χ0n) is 14.2. The summed E-state index contributed by atoms with van der Waals surface area (Å²) in [6, 6.07) is 9.78. The summed E-state index contributed by atoms with van der Waals surface area (Å²) < 4.78 is 19.0. The Hall–Kier alpha value is -2.25. The van der Waals surface area contributed by atoms with Crippen LogP contribution in [0.25, 0.3) is 0 Å². The van der Waals surface area contributed by atoms with E-state index in [1.165, 1.54) is 12.1 Å². The van der Waals surface area contributed by atoms with E-state index in [0.29, 0.717) is 38.2 Å². The van der Waals surface area contributed by atoms with Gasteiger partial charge in [0.15, 0.2) is 0 Å². The van der Waals surface area contributed by atoms with Crippen molar-refractivity contribution in [3.8, 4) is 0 Å². The largest absolute Gasteiger partial charge is 0.361 e. The van der Waals surface area contributed by atoms with Crippen LogP contribution in [-0.2, 0) is 20.7 Å². The predicted octanol–water partition coefficient (Wildman–Crippen LogP) is 2.46. The fraction of sp³-hybridized carbons (Fsp3) is 0.368. The van der Waals surface area contributed by atoms with Gasteiger partial charge in [-0.15, -0.1) is 11.3 Å². The molecule has 4 rings (SSSR count). The maximum absolute atomic E-state index is 13.2. The molecule has 0 bridgehead atoms. The lowest BCUT2D eigenvalue weighted by Gasteiger charge is -2.40. The Kier molecular flexibility index (Phi) is 4.50. The van der Waals surface area contributed by atoms with Gasteiger partial charge in [0.05, 0.1) is 19.5 Å². The summed E-state index contributed by atoms with van der Waals surface area (Å²) >= 11 is 1.57. The Morgan fingerprint density at radius 2 is 2.04 bits per heavy atom. The molecule has 1 unspecified atom stereocenters. The molecule has 0 N–H and O–H groups in total. The topological polar surface area (TPSA) is 49.9 Å². The first-order valence-corrected chi connectivity index (χ1v) is 9.43. The molecule has 1 spiro atoms. The monoisotopic (exact) mass is 374 g/mol. The zero-order chi connectivity index (χ0) is 18.1. The Morgan fingerprint density at radius 3 is 2.77 bits per heavy atom. The predicted molar refractivity (Wildman–Crippen MR) is 96.7 cm³/mol. The standard InChI is InChI=1S/C19H19FN2O3S/c20-14-3-5-15(6-4-14)22-13-19(25-11-18(22)24)7-8-21(12-19)17(23)10-16-2-1-9-26-16/h1-6,9H,7-8,10-13H2. The van der Waals surface area contributed by atoms with Crippen molar-refractivity contribution < 1.29 is 18.7 Å². The first-order chi connectivity index (χ1) is 12.5. The van der Waals surface area contributed by atoms with Gasteiger partial charge >= 0.3 is 0 Å². The third kappa shape index (κ3) is 3.37. The average molecular weight is 374 g/mol. The number of hydrogen-bond donors (Lipinski definition) is 0. The first-order valence-electron chi connectivity index (χ1n) is 8.55. The summed E-state index contributed by atoms with van der Waals surface area (Å²) in [5.74, 6) is -0.404. The number of anilines is 1. The van der Waals surface area contributed by atoms with Crippen LogP contribution in [0.3, 0.4) is 0 Å². The van der Waals surface area contributed by atoms with Crippen LogP contribution >= 0.6 is 11.3 Å². The lowest BCUT2D eigenvalue weighted by Crippen LogP contribution is -2.56. The van der Waals surface area contributed by atoms with Gasteiger partial charge < -0.3 is 14.5 Å². The van der Waals surface area contributed by atoms with Crippen molar-refractivity contribution in [3.63, 3.8) is 0 Å². The van der Waals surface area contributed by atoms with Crippen molar-refractivity contribution in [2.24, 2.45) is 0 Å².